The van der Waals surface area contributed by atoms with E-state index < -0.39 is 6.04 Å². The van der Waals surface area contributed by atoms with Gasteiger partial charge in [-0.25, -0.2) is 0 Å². The molecule has 1 amide bonds. The molecule has 1 aromatic rings. The van der Waals surface area contributed by atoms with Crippen molar-refractivity contribution in [2.75, 3.05) is 19.7 Å². The summed E-state index contributed by atoms with van der Waals surface area (Å²) < 4.78 is 5.88. The number of hydrogen-bond donors (Lipinski definition) is 2. The fourth-order valence-corrected chi connectivity index (χ4v) is 2.73. The Morgan fingerprint density at radius 1 is 1.45 bits per heavy atom. The minimum absolute atomic E-state index is 0.0112. The van der Waals surface area contributed by atoms with Crippen molar-refractivity contribution in [3.05, 3.63) is 35.9 Å². The average molecular weight is 305 g/mol. The van der Waals surface area contributed by atoms with Crippen molar-refractivity contribution >= 4 is 5.91 Å². The highest BCUT2D eigenvalue weighted by Crippen LogP contribution is 2.14. The van der Waals surface area contributed by atoms with Crippen LogP contribution in [-0.4, -0.2) is 48.7 Å². The molecule has 0 aliphatic carbocycles. The summed E-state index contributed by atoms with van der Waals surface area (Å²) >= 11 is 0. The molecule has 0 radical (unpaired) electrons. The molecule has 3 N–H and O–H groups in total. The number of ether oxygens (including phenoxy) is 1. The summed E-state index contributed by atoms with van der Waals surface area (Å²) in [5.41, 5.74) is 6.94. The lowest BCUT2D eigenvalue weighted by atomic mass is 10.1. The number of hydrogen-bond acceptors (Lipinski definition) is 4. The molecule has 0 aromatic heterocycles. The summed E-state index contributed by atoms with van der Waals surface area (Å²) in [5.74, 6) is -0.115. The predicted octanol–water partition coefficient (Wildman–Crippen LogP) is 1.13. The minimum Gasteiger partial charge on any atom is -0.373 e. The Morgan fingerprint density at radius 3 is 2.82 bits per heavy atom. The van der Waals surface area contributed by atoms with E-state index in [1.54, 1.807) is 6.92 Å². The molecule has 5 heteroatoms. The molecule has 1 saturated heterocycles. The number of carbonyl (C=O) groups excluding carboxylic acids is 1. The molecule has 1 aromatic carbocycles. The van der Waals surface area contributed by atoms with Crippen molar-refractivity contribution in [3.63, 3.8) is 0 Å². The first kappa shape index (κ1) is 16.9. The van der Waals surface area contributed by atoms with Crippen molar-refractivity contribution in [1.82, 2.24) is 10.2 Å². The van der Waals surface area contributed by atoms with Gasteiger partial charge >= 0.3 is 0 Å². The van der Waals surface area contributed by atoms with E-state index in [1.807, 2.05) is 6.07 Å². The molecule has 0 bridgehead atoms. The third kappa shape index (κ3) is 4.80. The van der Waals surface area contributed by atoms with Gasteiger partial charge in [0.1, 0.15) is 0 Å². The fourth-order valence-electron chi connectivity index (χ4n) is 2.73. The lowest BCUT2D eigenvalue weighted by Crippen LogP contribution is -2.55. The Kier molecular flexibility index (Phi) is 6.36. The molecule has 1 aliphatic rings. The maximum absolute atomic E-state index is 11.8. The van der Waals surface area contributed by atoms with Gasteiger partial charge in [-0.1, -0.05) is 37.3 Å². The molecule has 2 unspecified atom stereocenters. The van der Waals surface area contributed by atoms with Gasteiger partial charge < -0.3 is 15.8 Å². The van der Waals surface area contributed by atoms with E-state index >= 15 is 0 Å². The first-order valence-corrected chi connectivity index (χ1v) is 8.04. The minimum atomic E-state index is -0.488. The molecule has 1 aliphatic heterocycles. The number of nitrogens with one attached hydrogen (secondary N) is 1. The second-order valence-corrected chi connectivity index (χ2v) is 5.94. The van der Waals surface area contributed by atoms with Crippen molar-refractivity contribution in [2.45, 2.75) is 45.0 Å². The summed E-state index contributed by atoms with van der Waals surface area (Å²) in [5, 5.41) is 3.00. The van der Waals surface area contributed by atoms with Crippen LogP contribution in [0.25, 0.3) is 0 Å². The van der Waals surface area contributed by atoms with E-state index in [0.29, 0.717) is 6.61 Å². The van der Waals surface area contributed by atoms with Crippen LogP contribution in [0.2, 0.25) is 0 Å². The monoisotopic (exact) mass is 305 g/mol. The van der Waals surface area contributed by atoms with E-state index in [-0.39, 0.29) is 18.1 Å². The van der Waals surface area contributed by atoms with Crippen LogP contribution in [-0.2, 0) is 16.1 Å². The lowest BCUT2D eigenvalue weighted by Gasteiger charge is -2.37. The van der Waals surface area contributed by atoms with E-state index in [4.69, 9.17) is 10.5 Å². The first-order chi connectivity index (χ1) is 10.6. The number of amides is 1. The lowest BCUT2D eigenvalue weighted by molar-refractivity contribution is -0.125. The summed E-state index contributed by atoms with van der Waals surface area (Å²) in [4.78, 5) is 14.2. The van der Waals surface area contributed by atoms with Crippen LogP contribution in [0.5, 0.6) is 0 Å². The van der Waals surface area contributed by atoms with Crippen LogP contribution in [0.4, 0.5) is 0 Å². The Morgan fingerprint density at radius 2 is 2.18 bits per heavy atom. The van der Waals surface area contributed by atoms with Crippen molar-refractivity contribution < 1.29 is 9.53 Å². The largest absolute Gasteiger partial charge is 0.373 e. The van der Waals surface area contributed by atoms with Gasteiger partial charge in [-0.3, -0.25) is 9.69 Å². The van der Waals surface area contributed by atoms with Crippen LogP contribution >= 0.6 is 0 Å². The van der Waals surface area contributed by atoms with Crippen LogP contribution in [0.1, 0.15) is 25.8 Å². The quantitative estimate of drug-likeness (QED) is 0.827. The van der Waals surface area contributed by atoms with Crippen molar-refractivity contribution in [2.24, 2.45) is 5.73 Å². The number of morpholine rings is 1. The smallest absolute Gasteiger partial charge is 0.236 e. The second-order valence-electron chi connectivity index (χ2n) is 5.94. The van der Waals surface area contributed by atoms with Crippen LogP contribution < -0.4 is 11.1 Å². The standard InChI is InChI=1S/C17H27N3O2/c1-3-15(19-17(21)13(2)18)16-12-20(9-10-22-16)11-14-7-5-4-6-8-14/h4-8,13,15-16H,3,9-12,18H2,1-2H3,(H,19,21)/t13-,15?,16?/m1/s1. The number of carbonyl (C=O) groups is 1. The highest BCUT2D eigenvalue weighted by Gasteiger charge is 2.28. The Hall–Kier alpha value is -1.43. The van der Waals surface area contributed by atoms with Gasteiger partial charge in [0.25, 0.3) is 0 Å². The van der Waals surface area contributed by atoms with Crippen molar-refractivity contribution in [3.8, 4) is 0 Å². The topological polar surface area (TPSA) is 67.6 Å². The normalized spacial score (nSPS) is 22.0. The van der Waals surface area contributed by atoms with Gasteiger partial charge in [-0.05, 0) is 18.9 Å². The molecule has 0 saturated carbocycles. The van der Waals surface area contributed by atoms with Gasteiger partial charge in [-0.2, -0.15) is 0 Å². The summed E-state index contributed by atoms with van der Waals surface area (Å²) in [6, 6.07) is 9.95. The van der Waals surface area contributed by atoms with Crippen LogP contribution in [0.3, 0.4) is 0 Å². The fraction of sp³-hybridized carbons (Fsp3) is 0.588. The molecule has 1 fully saturated rings. The van der Waals surface area contributed by atoms with Gasteiger partial charge in [-0.15, -0.1) is 0 Å². The third-order valence-electron chi connectivity index (χ3n) is 4.06. The Labute approximate surface area is 132 Å². The number of nitrogens with two attached hydrogens (primary N) is 1. The van der Waals surface area contributed by atoms with Gasteiger partial charge in [0.2, 0.25) is 5.91 Å². The zero-order chi connectivity index (χ0) is 15.9. The SMILES string of the molecule is CCC(NC(=O)[C@@H](C)N)C1CN(Cc2ccccc2)CCO1. The predicted molar refractivity (Wildman–Crippen MR) is 87.3 cm³/mol. The number of benzene rings is 1. The zero-order valence-electron chi connectivity index (χ0n) is 13.5. The number of rotatable bonds is 6. The van der Waals surface area contributed by atoms with E-state index in [9.17, 15) is 4.79 Å². The highest BCUT2D eigenvalue weighted by molar-refractivity contribution is 5.81. The molecule has 3 atom stereocenters. The van der Waals surface area contributed by atoms with Gasteiger partial charge in [0.05, 0.1) is 24.8 Å². The highest BCUT2D eigenvalue weighted by atomic mass is 16.5. The second kappa shape index (κ2) is 8.27. The van der Waals surface area contributed by atoms with Crippen molar-refractivity contribution in [1.29, 1.82) is 0 Å². The zero-order valence-corrected chi connectivity index (χ0v) is 13.5. The van der Waals surface area contributed by atoms with E-state index in [0.717, 1.165) is 26.1 Å². The molecule has 1 heterocycles. The maximum Gasteiger partial charge on any atom is 0.236 e. The van der Waals surface area contributed by atoms with Crippen LogP contribution in [0, 0.1) is 0 Å². The van der Waals surface area contributed by atoms with E-state index in [1.165, 1.54) is 5.56 Å². The molecule has 122 valence electrons. The third-order valence-corrected chi connectivity index (χ3v) is 4.06. The van der Waals surface area contributed by atoms with E-state index in [2.05, 4.69) is 41.4 Å². The molecule has 0 spiro atoms. The molecule has 2 rings (SSSR count). The molecule has 22 heavy (non-hydrogen) atoms. The Bertz CT molecular complexity index is 464. The number of nitrogens with zero attached hydrogens (tertiary/aromatic N) is 1. The summed E-state index contributed by atoms with van der Waals surface area (Å²) in [6.45, 7) is 7.12. The molecule has 5 nitrogen and oxygen atoms in total. The summed E-state index contributed by atoms with van der Waals surface area (Å²) in [6.07, 6.45) is 0.854. The van der Waals surface area contributed by atoms with Crippen LogP contribution in [0.15, 0.2) is 30.3 Å². The van der Waals surface area contributed by atoms with Gasteiger partial charge in [0.15, 0.2) is 0 Å². The molecular formula is C17H27N3O2. The Balaban J connectivity index is 1.92. The maximum atomic E-state index is 11.8. The average Bonchev–Trinajstić information content (AvgIpc) is 2.53. The first-order valence-electron chi connectivity index (χ1n) is 8.04. The van der Waals surface area contributed by atoms with Gasteiger partial charge in [0, 0.05) is 19.6 Å². The molecular weight excluding hydrogens is 278 g/mol. The summed E-state index contributed by atoms with van der Waals surface area (Å²) in [7, 11) is 0.